The van der Waals surface area contributed by atoms with Gasteiger partial charge in [-0.2, -0.15) is 9.19 Å². The lowest BCUT2D eigenvalue weighted by Crippen LogP contribution is -2.41. The van der Waals surface area contributed by atoms with Gasteiger partial charge in [-0.1, -0.05) is 6.92 Å². The number of hydrogen-bond donors (Lipinski definition) is 3. The minimum atomic E-state index is -3.48. The fourth-order valence-electron chi connectivity index (χ4n) is 4.50. The van der Waals surface area contributed by atoms with Crippen molar-refractivity contribution in [1.82, 2.24) is 24.1 Å². The summed E-state index contributed by atoms with van der Waals surface area (Å²) >= 11 is 0. The van der Waals surface area contributed by atoms with Crippen molar-refractivity contribution < 1.29 is 18.6 Å². The van der Waals surface area contributed by atoms with Crippen LogP contribution in [0.5, 0.6) is 0 Å². The Labute approximate surface area is 222 Å². The van der Waals surface area contributed by atoms with Crippen LogP contribution in [0.2, 0.25) is 0 Å². The minimum absolute atomic E-state index is 0.120. The minimum Gasteiger partial charge on any atom is -0.396 e. The molecule has 3 N–H and O–H groups in total. The summed E-state index contributed by atoms with van der Waals surface area (Å²) in [5.41, 5.74) is 1.84. The Balaban J connectivity index is 1.39. The molecule has 200 valence electrons. The van der Waals surface area contributed by atoms with Gasteiger partial charge in [0.2, 0.25) is 0 Å². The molecule has 2 aliphatic rings. The molecule has 0 aromatic carbocycles. The van der Waals surface area contributed by atoms with Gasteiger partial charge in [-0.15, -0.1) is 12.3 Å². The van der Waals surface area contributed by atoms with Crippen LogP contribution in [0.1, 0.15) is 50.7 Å². The maximum Gasteiger partial charge on any atom is 0.256 e. The number of nitrogens with one attached hydrogen (secondary N) is 1. The summed E-state index contributed by atoms with van der Waals surface area (Å²) in [6.45, 7) is 3.66. The van der Waals surface area contributed by atoms with E-state index in [0.717, 1.165) is 35.7 Å². The molecule has 0 radical (unpaired) electrons. The lowest BCUT2D eigenvalue weighted by molar-refractivity contribution is 0.114. The molecule has 11 nitrogen and oxygen atoms in total. The molecule has 1 unspecified atom stereocenters. The predicted molar refractivity (Wildman–Crippen MR) is 143 cm³/mol. The second-order valence-electron chi connectivity index (χ2n) is 10.2. The average Bonchev–Trinajstić information content (AvgIpc) is 3.66. The summed E-state index contributed by atoms with van der Waals surface area (Å²) in [6, 6.07) is 3.55. The van der Waals surface area contributed by atoms with Crippen molar-refractivity contribution in [2.24, 2.45) is 5.41 Å². The van der Waals surface area contributed by atoms with Crippen LogP contribution in [0.4, 0.5) is 17.3 Å². The first kappa shape index (κ1) is 26.1. The summed E-state index contributed by atoms with van der Waals surface area (Å²) in [7, 11) is -3.48. The molecule has 1 aliphatic carbocycles. The zero-order chi connectivity index (χ0) is 26.9. The van der Waals surface area contributed by atoms with Gasteiger partial charge >= 0.3 is 0 Å². The van der Waals surface area contributed by atoms with E-state index in [1.165, 1.54) is 12.4 Å². The number of piperidine rings is 1. The van der Waals surface area contributed by atoms with Gasteiger partial charge in [0.15, 0.2) is 5.82 Å². The van der Waals surface area contributed by atoms with Crippen molar-refractivity contribution in [3.63, 3.8) is 0 Å². The second-order valence-corrected chi connectivity index (χ2v) is 12.3. The van der Waals surface area contributed by atoms with Gasteiger partial charge in [0, 0.05) is 55.8 Å². The van der Waals surface area contributed by atoms with Crippen molar-refractivity contribution >= 4 is 27.3 Å². The Morgan fingerprint density at radius 2 is 2.00 bits per heavy atom. The van der Waals surface area contributed by atoms with E-state index in [-0.39, 0.29) is 23.7 Å². The van der Waals surface area contributed by atoms with E-state index >= 15 is 0 Å². The number of anilines is 3. The van der Waals surface area contributed by atoms with Gasteiger partial charge in [0.25, 0.3) is 10.0 Å². The molecule has 4 heterocycles. The number of pyridine rings is 1. The van der Waals surface area contributed by atoms with Gasteiger partial charge in [-0.05, 0) is 37.2 Å². The van der Waals surface area contributed by atoms with Crippen molar-refractivity contribution in [2.75, 3.05) is 29.9 Å². The molecular weight excluding hydrogens is 506 g/mol. The van der Waals surface area contributed by atoms with Crippen LogP contribution in [-0.4, -0.2) is 67.7 Å². The van der Waals surface area contributed by atoms with E-state index < -0.39 is 16.1 Å². The third-order valence-corrected chi connectivity index (χ3v) is 9.25. The zero-order valence-corrected chi connectivity index (χ0v) is 22.0. The molecule has 1 saturated carbocycles. The third kappa shape index (κ3) is 5.36. The van der Waals surface area contributed by atoms with Crippen LogP contribution >= 0.6 is 0 Å². The SMILES string of the molecule is C#CCC(O)c1cnc(Nc2ccnc(-c3cnn(S(=O)(=O)C4CC4)c3)n2)cc1N1CCC(C)(CO)CC1. The molecule has 1 atom stereocenters. The van der Waals surface area contributed by atoms with Gasteiger partial charge in [0.1, 0.15) is 11.6 Å². The Kier molecular flexibility index (Phi) is 7.09. The highest BCUT2D eigenvalue weighted by atomic mass is 32.2. The Morgan fingerprint density at radius 1 is 1.24 bits per heavy atom. The van der Waals surface area contributed by atoms with Crippen LogP contribution in [0, 0.1) is 17.8 Å². The van der Waals surface area contributed by atoms with Gasteiger partial charge < -0.3 is 20.4 Å². The molecule has 5 rings (SSSR count). The van der Waals surface area contributed by atoms with Crippen molar-refractivity contribution in [3.05, 3.63) is 42.5 Å². The summed E-state index contributed by atoms with van der Waals surface area (Å²) in [4.78, 5) is 15.5. The van der Waals surface area contributed by atoms with Crippen molar-refractivity contribution in [3.8, 4) is 23.7 Å². The van der Waals surface area contributed by atoms with E-state index in [4.69, 9.17) is 6.42 Å². The molecule has 12 heteroatoms. The van der Waals surface area contributed by atoms with Crippen LogP contribution in [0.3, 0.4) is 0 Å². The maximum atomic E-state index is 12.5. The fraction of sp³-hybridized carbons (Fsp3) is 0.462. The molecule has 0 amide bonds. The summed E-state index contributed by atoms with van der Waals surface area (Å²) < 4.78 is 25.9. The van der Waals surface area contributed by atoms with Crippen molar-refractivity contribution in [2.45, 2.75) is 50.4 Å². The van der Waals surface area contributed by atoms with Crippen molar-refractivity contribution in [1.29, 1.82) is 0 Å². The normalized spacial score (nSPS) is 18.1. The van der Waals surface area contributed by atoms with Crippen LogP contribution < -0.4 is 10.2 Å². The molecule has 0 spiro atoms. The standard InChI is InChI=1S/C26H31N7O4S/c1-3-4-22(35)20-15-28-24(13-21(20)32-11-8-26(2,17-34)9-12-32)30-23-7-10-27-25(31-23)18-14-29-33(16-18)38(36,37)19-5-6-19/h1,7,10,13-16,19,22,34-35H,4-6,8-9,11-12,17H2,2H3,(H,27,28,30,31). The highest BCUT2D eigenvalue weighted by molar-refractivity contribution is 7.90. The number of nitrogens with zero attached hydrogens (tertiary/aromatic N) is 6. The van der Waals surface area contributed by atoms with E-state index in [2.05, 4.69) is 43.1 Å². The highest BCUT2D eigenvalue weighted by Gasteiger charge is 2.37. The first-order valence-corrected chi connectivity index (χ1v) is 14.1. The number of hydrogen-bond acceptors (Lipinski definition) is 10. The van der Waals surface area contributed by atoms with E-state index in [0.29, 0.717) is 41.4 Å². The third-order valence-electron chi connectivity index (χ3n) is 7.21. The largest absolute Gasteiger partial charge is 0.396 e. The van der Waals surface area contributed by atoms with E-state index in [9.17, 15) is 18.6 Å². The van der Waals surface area contributed by atoms with Crippen LogP contribution in [-0.2, 0) is 10.0 Å². The molecule has 38 heavy (non-hydrogen) atoms. The first-order chi connectivity index (χ1) is 18.2. The number of aliphatic hydroxyl groups is 2. The fourth-order valence-corrected chi connectivity index (χ4v) is 5.97. The lowest BCUT2D eigenvalue weighted by atomic mass is 9.81. The smallest absolute Gasteiger partial charge is 0.256 e. The molecule has 1 saturated heterocycles. The molecule has 0 bridgehead atoms. The van der Waals surface area contributed by atoms with E-state index in [1.54, 1.807) is 18.5 Å². The number of aliphatic hydroxyl groups excluding tert-OH is 2. The number of terminal acetylenes is 1. The van der Waals surface area contributed by atoms with Crippen LogP contribution in [0.25, 0.3) is 11.4 Å². The summed E-state index contributed by atoms with van der Waals surface area (Å²) in [5.74, 6) is 3.82. The molecule has 1 aliphatic heterocycles. The van der Waals surface area contributed by atoms with Gasteiger partial charge in [0.05, 0.1) is 29.3 Å². The molecule has 3 aromatic rings. The Hall–Kier alpha value is -3.53. The Bertz CT molecular complexity index is 1450. The quantitative estimate of drug-likeness (QED) is 0.348. The topological polar surface area (TPSA) is 146 Å². The molecule has 2 fully saturated rings. The van der Waals surface area contributed by atoms with E-state index in [1.807, 2.05) is 6.07 Å². The predicted octanol–water partition coefficient (Wildman–Crippen LogP) is 2.47. The monoisotopic (exact) mass is 537 g/mol. The lowest BCUT2D eigenvalue weighted by Gasteiger charge is -2.40. The number of rotatable bonds is 9. The van der Waals surface area contributed by atoms with Gasteiger partial charge in [-0.25, -0.2) is 23.4 Å². The summed E-state index contributed by atoms with van der Waals surface area (Å²) in [6.07, 6.45) is 13.8. The first-order valence-electron chi connectivity index (χ1n) is 12.6. The average molecular weight is 538 g/mol. The maximum absolute atomic E-state index is 12.5. The second kappa shape index (κ2) is 10.3. The summed E-state index contributed by atoms with van der Waals surface area (Å²) in [5, 5.41) is 27.3. The van der Waals surface area contributed by atoms with Crippen LogP contribution in [0.15, 0.2) is 36.9 Å². The Morgan fingerprint density at radius 3 is 2.68 bits per heavy atom. The number of aromatic nitrogens is 5. The zero-order valence-electron chi connectivity index (χ0n) is 21.2. The highest BCUT2D eigenvalue weighted by Crippen LogP contribution is 2.37. The molecular formula is C26H31N7O4S. The molecule has 3 aromatic heterocycles. The van der Waals surface area contributed by atoms with Gasteiger partial charge in [-0.3, -0.25) is 0 Å².